The van der Waals surface area contributed by atoms with Crippen LogP contribution in [0.25, 0.3) is 0 Å². The van der Waals surface area contributed by atoms with Crippen molar-refractivity contribution in [3.63, 3.8) is 0 Å². The summed E-state index contributed by atoms with van der Waals surface area (Å²) in [4.78, 5) is 27.3. The summed E-state index contributed by atoms with van der Waals surface area (Å²) >= 11 is 1.22. The largest absolute Gasteiger partial charge is 0.505 e. The molecule has 0 aliphatic carbocycles. The van der Waals surface area contributed by atoms with Gasteiger partial charge < -0.3 is 15.5 Å². The second kappa shape index (κ2) is 5.49. The van der Waals surface area contributed by atoms with E-state index in [1.165, 1.54) is 29.7 Å². The molecule has 0 fully saturated rings. The van der Waals surface area contributed by atoms with Crippen LogP contribution in [0.4, 0.5) is 0 Å². The second-order valence-corrected chi connectivity index (χ2v) is 4.61. The first-order chi connectivity index (χ1) is 9.09. The van der Waals surface area contributed by atoms with Crippen molar-refractivity contribution >= 4 is 23.2 Å². The Labute approximate surface area is 112 Å². The van der Waals surface area contributed by atoms with Gasteiger partial charge >= 0.3 is 5.97 Å². The normalized spacial score (nSPS) is 11.8. The average molecular weight is 278 g/mol. The Bertz CT molecular complexity index is 598. The number of hydrogen-bond acceptors (Lipinski definition) is 5. The van der Waals surface area contributed by atoms with Gasteiger partial charge in [0, 0.05) is 11.1 Å². The van der Waals surface area contributed by atoms with Gasteiger partial charge in [0.1, 0.15) is 5.75 Å². The molecule has 0 saturated carbocycles. The average Bonchev–Trinajstić information content (AvgIpc) is 2.89. The van der Waals surface area contributed by atoms with E-state index < -0.39 is 17.9 Å². The highest BCUT2D eigenvalue weighted by atomic mass is 32.1. The van der Waals surface area contributed by atoms with Gasteiger partial charge in [0.2, 0.25) is 0 Å². The summed E-state index contributed by atoms with van der Waals surface area (Å²) < 4.78 is 0. The number of amides is 1. The number of pyridine rings is 1. The van der Waals surface area contributed by atoms with Crippen molar-refractivity contribution in [2.45, 2.75) is 6.04 Å². The molecule has 2 heterocycles. The first-order valence-corrected chi connectivity index (χ1v) is 6.18. The number of aromatic hydroxyl groups is 1. The maximum atomic E-state index is 11.9. The molecular formula is C12H10N2O4S. The van der Waals surface area contributed by atoms with Gasteiger partial charge in [-0.15, -0.1) is 11.3 Å². The fourth-order valence-electron chi connectivity index (χ4n) is 1.48. The Morgan fingerprint density at radius 1 is 1.32 bits per heavy atom. The Kier molecular flexibility index (Phi) is 3.76. The van der Waals surface area contributed by atoms with Gasteiger partial charge in [-0.05, 0) is 23.6 Å². The highest BCUT2D eigenvalue weighted by Crippen LogP contribution is 2.20. The summed E-state index contributed by atoms with van der Waals surface area (Å²) in [6, 6.07) is 4.93. The molecule has 0 saturated heterocycles. The molecule has 19 heavy (non-hydrogen) atoms. The molecule has 1 unspecified atom stereocenters. The number of carbonyl (C=O) groups excluding carboxylic acids is 1. The molecule has 98 valence electrons. The van der Waals surface area contributed by atoms with Crippen molar-refractivity contribution in [1.82, 2.24) is 10.3 Å². The molecule has 6 nitrogen and oxygen atoms in total. The van der Waals surface area contributed by atoms with Crippen LogP contribution in [0.15, 0.2) is 35.8 Å². The molecular weight excluding hydrogens is 268 g/mol. The van der Waals surface area contributed by atoms with Crippen molar-refractivity contribution in [2.24, 2.45) is 0 Å². The van der Waals surface area contributed by atoms with E-state index in [2.05, 4.69) is 10.3 Å². The Balaban J connectivity index is 2.21. The van der Waals surface area contributed by atoms with E-state index in [4.69, 9.17) is 5.11 Å². The number of carboxylic acid groups (broad SMARTS) is 1. The summed E-state index contributed by atoms with van der Waals surface area (Å²) in [5, 5.41) is 22.7. The lowest BCUT2D eigenvalue weighted by molar-refractivity contribution is -0.139. The number of aromatic nitrogens is 1. The number of nitrogens with zero attached hydrogens (tertiary/aromatic N) is 1. The summed E-state index contributed by atoms with van der Waals surface area (Å²) in [6.45, 7) is 0. The molecule has 1 atom stereocenters. The third-order valence-corrected chi connectivity index (χ3v) is 3.29. The Hall–Kier alpha value is -2.41. The fourth-order valence-corrected chi connectivity index (χ4v) is 2.25. The van der Waals surface area contributed by atoms with E-state index in [1.54, 1.807) is 17.5 Å². The molecule has 1 amide bonds. The second-order valence-electron chi connectivity index (χ2n) is 3.63. The minimum atomic E-state index is -1.17. The number of nitrogens with one attached hydrogen (secondary N) is 1. The van der Waals surface area contributed by atoms with Crippen molar-refractivity contribution in [2.75, 3.05) is 0 Å². The van der Waals surface area contributed by atoms with Gasteiger partial charge in [0.25, 0.3) is 5.91 Å². The Morgan fingerprint density at radius 2 is 2.11 bits per heavy atom. The molecule has 0 aliphatic heterocycles. The first-order valence-electron chi connectivity index (χ1n) is 5.30. The van der Waals surface area contributed by atoms with Crippen LogP contribution in [0.5, 0.6) is 5.75 Å². The van der Waals surface area contributed by atoms with Crippen LogP contribution >= 0.6 is 11.3 Å². The van der Waals surface area contributed by atoms with E-state index in [9.17, 15) is 14.7 Å². The quantitative estimate of drug-likeness (QED) is 0.785. The first kappa shape index (κ1) is 13.0. The molecule has 3 N–H and O–H groups in total. The third-order valence-electron chi connectivity index (χ3n) is 2.35. The summed E-state index contributed by atoms with van der Waals surface area (Å²) in [7, 11) is 0. The van der Waals surface area contributed by atoms with Crippen LogP contribution in [-0.2, 0) is 4.79 Å². The van der Waals surface area contributed by atoms with Gasteiger partial charge in [0.15, 0.2) is 11.7 Å². The molecule has 2 aromatic heterocycles. The molecule has 2 aromatic rings. The fraction of sp³-hybridized carbons (Fsp3) is 0.0833. The lowest BCUT2D eigenvalue weighted by atomic mass is 10.2. The van der Waals surface area contributed by atoms with E-state index in [-0.39, 0.29) is 11.4 Å². The van der Waals surface area contributed by atoms with Gasteiger partial charge in [0.05, 0.1) is 0 Å². The number of carbonyl (C=O) groups is 2. The minimum Gasteiger partial charge on any atom is -0.505 e. The molecule has 0 aromatic carbocycles. The van der Waals surface area contributed by atoms with Crippen molar-refractivity contribution in [3.8, 4) is 5.75 Å². The molecule has 0 radical (unpaired) electrons. The number of carboxylic acids is 1. The third kappa shape index (κ3) is 2.89. The highest BCUT2D eigenvalue weighted by Gasteiger charge is 2.25. The molecule has 0 aliphatic rings. The number of aliphatic carboxylic acids is 1. The maximum Gasteiger partial charge on any atom is 0.331 e. The zero-order valence-electron chi connectivity index (χ0n) is 9.61. The van der Waals surface area contributed by atoms with Crippen molar-refractivity contribution in [1.29, 1.82) is 0 Å². The molecule has 0 spiro atoms. The van der Waals surface area contributed by atoms with Crippen LogP contribution in [0, 0.1) is 0 Å². The standard InChI is InChI=1S/C12H10N2O4S/c15-7-3-1-5-13-9(7)11(16)14-10(12(17)18)8-4-2-6-19-8/h1-6,10,15H,(H,14,16)(H,17,18). The molecule has 2 rings (SSSR count). The van der Waals surface area contributed by atoms with Gasteiger partial charge in [-0.25, -0.2) is 9.78 Å². The van der Waals surface area contributed by atoms with Crippen LogP contribution in [0.3, 0.4) is 0 Å². The lowest BCUT2D eigenvalue weighted by Crippen LogP contribution is -2.33. The van der Waals surface area contributed by atoms with Gasteiger partial charge in [-0.2, -0.15) is 0 Å². The summed E-state index contributed by atoms with van der Waals surface area (Å²) in [6.07, 6.45) is 1.34. The van der Waals surface area contributed by atoms with Gasteiger partial charge in [-0.1, -0.05) is 6.07 Å². The predicted octanol–water partition coefficient (Wildman–Crippen LogP) is 1.40. The zero-order valence-corrected chi connectivity index (χ0v) is 10.4. The number of hydrogen-bond donors (Lipinski definition) is 3. The SMILES string of the molecule is O=C(NC(C(=O)O)c1cccs1)c1ncccc1O. The highest BCUT2D eigenvalue weighted by molar-refractivity contribution is 7.10. The van der Waals surface area contributed by atoms with Gasteiger partial charge in [-0.3, -0.25) is 4.79 Å². The monoisotopic (exact) mass is 278 g/mol. The number of rotatable bonds is 4. The van der Waals surface area contributed by atoms with E-state index in [1.807, 2.05) is 0 Å². The zero-order chi connectivity index (χ0) is 13.8. The summed E-state index contributed by atoms with van der Waals surface area (Å²) in [5.74, 6) is -2.21. The molecule has 7 heteroatoms. The Morgan fingerprint density at radius 3 is 2.68 bits per heavy atom. The van der Waals surface area contributed by atoms with Crippen molar-refractivity contribution in [3.05, 3.63) is 46.4 Å². The van der Waals surface area contributed by atoms with Crippen LogP contribution in [0.1, 0.15) is 21.4 Å². The predicted molar refractivity (Wildman–Crippen MR) is 68.1 cm³/mol. The van der Waals surface area contributed by atoms with Crippen LogP contribution < -0.4 is 5.32 Å². The summed E-state index contributed by atoms with van der Waals surface area (Å²) in [5.41, 5.74) is -0.203. The lowest BCUT2D eigenvalue weighted by Gasteiger charge is -2.12. The van der Waals surface area contributed by atoms with Crippen LogP contribution in [-0.4, -0.2) is 27.1 Å². The topological polar surface area (TPSA) is 99.5 Å². The maximum absolute atomic E-state index is 11.9. The molecule has 0 bridgehead atoms. The smallest absolute Gasteiger partial charge is 0.331 e. The van der Waals surface area contributed by atoms with Crippen molar-refractivity contribution < 1.29 is 19.8 Å². The van der Waals surface area contributed by atoms with E-state index >= 15 is 0 Å². The van der Waals surface area contributed by atoms with E-state index in [0.29, 0.717) is 4.88 Å². The number of thiophene rings is 1. The van der Waals surface area contributed by atoms with E-state index in [0.717, 1.165) is 0 Å². The minimum absolute atomic E-state index is 0.203. The van der Waals surface area contributed by atoms with Crippen LogP contribution in [0.2, 0.25) is 0 Å².